The van der Waals surface area contributed by atoms with Crippen LogP contribution in [0.15, 0.2) is 46.9 Å². The van der Waals surface area contributed by atoms with Crippen molar-refractivity contribution in [2.45, 2.75) is 13.5 Å². The number of nitro benzene ring substituents is 1. The van der Waals surface area contributed by atoms with Gasteiger partial charge in [-0.15, -0.1) is 0 Å². The van der Waals surface area contributed by atoms with Crippen LogP contribution in [0, 0.1) is 17.0 Å². The number of rotatable bonds is 4. The number of nitrogens with zero attached hydrogens (tertiary/aromatic N) is 1. The Balaban J connectivity index is 2.04. The van der Waals surface area contributed by atoms with E-state index in [1.807, 2.05) is 13.0 Å². The molecule has 0 aromatic heterocycles. The van der Waals surface area contributed by atoms with Gasteiger partial charge in [0.15, 0.2) is 0 Å². The number of amides is 1. The van der Waals surface area contributed by atoms with E-state index in [1.54, 1.807) is 24.3 Å². The third kappa shape index (κ3) is 3.66. The summed E-state index contributed by atoms with van der Waals surface area (Å²) in [6, 6.07) is 11.5. The van der Waals surface area contributed by atoms with Gasteiger partial charge in [-0.3, -0.25) is 14.9 Å². The summed E-state index contributed by atoms with van der Waals surface area (Å²) in [7, 11) is 0. The Bertz CT molecular complexity index is 684. The molecule has 0 spiro atoms. The first-order valence-corrected chi connectivity index (χ1v) is 7.05. The molecule has 0 atom stereocenters. The minimum absolute atomic E-state index is 0.0351. The molecule has 0 aliphatic heterocycles. The monoisotopic (exact) mass is 348 g/mol. The number of nitro groups is 1. The highest BCUT2D eigenvalue weighted by atomic mass is 79.9. The molecule has 1 amide bonds. The topological polar surface area (TPSA) is 72.2 Å². The van der Waals surface area contributed by atoms with Crippen molar-refractivity contribution in [3.8, 4) is 0 Å². The summed E-state index contributed by atoms with van der Waals surface area (Å²) in [4.78, 5) is 22.2. The van der Waals surface area contributed by atoms with Crippen molar-refractivity contribution in [3.05, 3.63) is 73.7 Å². The van der Waals surface area contributed by atoms with E-state index in [4.69, 9.17) is 0 Å². The molecule has 0 unspecified atom stereocenters. The van der Waals surface area contributed by atoms with Crippen LogP contribution in [0.5, 0.6) is 0 Å². The molecule has 2 aromatic rings. The second-order valence-corrected chi connectivity index (χ2v) is 5.37. The normalized spacial score (nSPS) is 10.2. The van der Waals surface area contributed by atoms with E-state index >= 15 is 0 Å². The van der Waals surface area contributed by atoms with E-state index in [9.17, 15) is 14.9 Å². The summed E-state index contributed by atoms with van der Waals surface area (Å²) in [5.41, 5.74) is 2.32. The zero-order valence-corrected chi connectivity index (χ0v) is 12.9. The van der Waals surface area contributed by atoms with Gasteiger partial charge in [-0.25, -0.2) is 0 Å². The first-order chi connectivity index (χ1) is 9.99. The molecule has 6 heteroatoms. The van der Waals surface area contributed by atoms with Gasteiger partial charge in [-0.1, -0.05) is 34.1 Å². The van der Waals surface area contributed by atoms with Crippen molar-refractivity contribution in [2.75, 3.05) is 0 Å². The van der Waals surface area contributed by atoms with Crippen LogP contribution < -0.4 is 5.32 Å². The van der Waals surface area contributed by atoms with Gasteiger partial charge >= 0.3 is 0 Å². The van der Waals surface area contributed by atoms with Crippen molar-refractivity contribution in [1.82, 2.24) is 5.32 Å². The minimum Gasteiger partial charge on any atom is -0.348 e. The third-order valence-electron chi connectivity index (χ3n) is 3.11. The number of carbonyl (C=O) groups is 1. The predicted molar refractivity (Wildman–Crippen MR) is 83.1 cm³/mol. The van der Waals surface area contributed by atoms with Gasteiger partial charge in [0, 0.05) is 28.7 Å². The Morgan fingerprint density at radius 2 is 1.90 bits per heavy atom. The van der Waals surface area contributed by atoms with E-state index in [0.29, 0.717) is 12.1 Å². The standard InChI is InChI=1S/C15H13BrN2O3/c1-10-13(3-2-4-14(10)16)15(19)17-9-11-5-7-12(8-6-11)18(20)21/h2-8H,9H2,1H3,(H,17,19). The van der Waals surface area contributed by atoms with E-state index in [0.717, 1.165) is 15.6 Å². The molecule has 21 heavy (non-hydrogen) atoms. The summed E-state index contributed by atoms with van der Waals surface area (Å²) in [5, 5.41) is 13.4. The van der Waals surface area contributed by atoms with E-state index in [2.05, 4.69) is 21.2 Å². The molecule has 108 valence electrons. The maximum absolute atomic E-state index is 12.1. The number of non-ortho nitro benzene ring substituents is 1. The molecule has 1 N–H and O–H groups in total. The lowest BCUT2D eigenvalue weighted by Crippen LogP contribution is -2.23. The molecular weight excluding hydrogens is 336 g/mol. The Morgan fingerprint density at radius 3 is 2.52 bits per heavy atom. The lowest BCUT2D eigenvalue weighted by atomic mass is 10.1. The predicted octanol–water partition coefficient (Wildman–Crippen LogP) is 3.60. The molecule has 5 nitrogen and oxygen atoms in total. The Morgan fingerprint density at radius 1 is 1.24 bits per heavy atom. The highest BCUT2D eigenvalue weighted by Crippen LogP contribution is 2.19. The van der Waals surface area contributed by atoms with Crippen molar-refractivity contribution in [1.29, 1.82) is 0 Å². The maximum atomic E-state index is 12.1. The largest absolute Gasteiger partial charge is 0.348 e. The Kier molecular flexibility index (Phi) is 4.70. The summed E-state index contributed by atoms with van der Waals surface area (Å²) in [6.45, 7) is 2.19. The molecule has 2 aromatic carbocycles. The number of carbonyl (C=O) groups excluding carboxylic acids is 1. The minimum atomic E-state index is -0.451. The van der Waals surface area contributed by atoms with Crippen LogP contribution in [-0.4, -0.2) is 10.8 Å². The van der Waals surface area contributed by atoms with Gasteiger partial charge in [0.2, 0.25) is 0 Å². The van der Waals surface area contributed by atoms with Gasteiger partial charge < -0.3 is 5.32 Å². The highest BCUT2D eigenvalue weighted by Gasteiger charge is 2.10. The number of benzene rings is 2. The van der Waals surface area contributed by atoms with Crippen molar-refractivity contribution in [2.24, 2.45) is 0 Å². The van der Waals surface area contributed by atoms with Crippen LogP contribution in [-0.2, 0) is 6.54 Å². The molecule has 0 heterocycles. The number of hydrogen-bond donors (Lipinski definition) is 1. The fraction of sp³-hybridized carbons (Fsp3) is 0.133. The SMILES string of the molecule is Cc1c(Br)cccc1C(=O)NCc1ccc([N+](=O)[O-])cc1. The van der Waals surface area contributed by atoms with Crippen molar-refractivity contribution >= 4 is 27.5 Å². The maximum Gasteiger partial charge on any atom is 0.269 e. The average Bonchev–Trinajstić information content (AvgIpc) is 2.48. The molecule has 0 fully saturated rings. The molecule has 2 rings (SSSR count). The molecule has 0 radical (unpaired) electrons. The van der Waals surface area contributed by atoms with E-state index < -0.39 is 4.92 Å². The molecule has 0 aliphatic rings. The average molecular weight is 349 g/mol. The van der Waals surface area contributed by atoms with Crippen LogP contribution in [0.3, 0.4) is 0 Å². The van der Waals surface area contributed by atoms with Crippen LogP contribution in [0.4, 0.5) is 5.69 Å². The van der Waals surface area contributed by atoms with Crippen LogP contribution in [0.2, 0.25) is 0 Å². The van der Waals surface area contributed by atoms with Crippen LogP contribution in [0.1, 0.15) is 21.5 Å². The van der Waals surface area contributed by atoms with Gasteiger partial charge in [-0.05, 0) is 30.2 Å². The smallest absolute Gasteiger partial charge is 0.269 e. The summed E-state index contributed by atoms with van der Waals surface area (Å²) in [6.07, 6.45) is 0. The summed E-state index contributed by atoms with van der Waals surface area (Å²) < 4.78 is 0.880. The van der Waals surface area contributed by atoms with Gasteiger partial charge in [0.05, 0.1) is 4.92 Å². The zero-order chi connectivity index (χ0) is 15.4. The molecule has 0 aliphatic carbocycles. The first kappa shape index (κ1) is 15.2. The zero-order valence-electron chi connectivity index (χ0n) is 11.3. The summed E-state index contributed by atoms with van der Waals surface area (Å²) in [5.74, 6) is -0.174. The Labute approximate surface area is 130 Å². The number of halogens is 1. The van der Waals surface area contributed by atoms with Crippen LogP contribution >= 0.6 is 15.9 Å². The number of hydrogen-bond acceptors (Lipinski definition) is 3. The molecule has 0 bridgehead atoms. The number of nitrogens with one attached hydrogen (secondary N) is 1. The van der Waals surface area contributed by atoms with E-state index in [-0.39, 0.29) is 11.6 Å². The second-order valence-electron chi connectivity index (χ2n) is 4.52. The lowest BCUT2D eigenvalue weighted by Gasteiger charge is -2.09. The summed E-state index contributed by atoms with van der Waals surface area (Å²) >= 11 is 3.39. The quantitative estimate of drug-likeness (QED) is 0.677. The van der Waals surface area contributed by atoms with Gasteiger partial charge in [0.25, 0.3) is 11.6 Å². The molecule has 0 saturated carbocycles. The highest BCUT2D eigenvalue weighted by molar-refractivity contribution is 9.10. The fourth-order valence-electron chi connectivity index (χ4n) is 1.87. The Hall–Kier alpha value is -2.21. The van der Waals surface area contributed by atoms with Crippen molar-refractivity contribution in [3.63, 3.8) is 0 Å². The third-order valence-corrected chi connectivity index (χ3v) is 3.97. The van der Waals surface area contributed by atoms with Gasteiger partial charge in [0.1, 0.15) is 0 Å². The molecular formula is C15H13BrN2O3. The molecule has 0 saturated heterocycles. The second kappa shape index (κ2) is 6.49. The fourth-order valence-corrected chi connectivity index (χ4v) is 2.23. The lowest BCUT2D eigenvalue weighted by molar-refractivity contribution is -0.384. The van der Waals surface area contributed by atoms with E-state index in [1.165, 1.54) is 12.1 Å². The van der Waals surface area contributed by atoms with Gasteiger partial charge in [-0.2, -0.15) is 0 Å². The van der Waals surface area contributed by atoms with Crippen LogP contribution in [0.25, 0.3) is 0 Å². The van der Waals surface area contributed by atoms with Crippen molar-refractivity contribution < 1.29 is 9.72 Å². The first-order valence-electron chi connectivity index (χ1n) is 6.25.